The molecule has 150 valence electrons. The molecule has 29 heavy (non-hydrogen) atoms. The van der Waals surface area contributed by atoms with Crippen LogP contribution in [0.4, 0.5) is 24.8 Å². The molecule has 0 aliphatic carbocycles. The summed E-state index contributed by atoms with van der Waals surface area (Å²) in [5.74, 6) is -3.64. The first-order valence-electron chi connectivity index (χ1n) is 7.85. The number of nitrogens with zero attached hydrogens (tertiary/aromatic N) is 3. The number of nitrogens with one attached hydrogen (secondary N) is 2. The van der Waals surface area contributed by atoms with Crippen molar-refractivity contribution in [3.05, 3.63) is 52.1 Å². The lowest BCUT2D eigenvalue weighted by molar-refractivity contribution is -0.349. The summed E-state index contributed by atoms with van der Waals surface area (Å²) in [5, 5.41) is 8.91. The molecule has 1 aromatic carbocycles. The van der Waals surface area contributed by atoms with Crippen molar-refractivity contribution in [3.63, 3.8) is 0 Å². The first-order chi connectivity index (χ1) is 13.6. The van der Waals surface area contributed by atoms with Gasteiger partial charge in [0, 0.05) is 5.69 Å². The molecule has 2 aromatic heterocycles. The van der Waals surface area contributed by atoms with Gasteiger partial charge in [-0.1, -0.05) is 0 Å². The zero-order valence-electron chi connectivity index (χ0n) is 14.3. The summed E-state index contributed by atoms with van der Waals surface area (Å²) in [6.45, 7) is -0.652. The summed E-state index contributed by atoms with van der Waals surface area (Å²) >= 11 is 0. The number of carboxylic acid groups (broad SMARTS) is 1. The Kier molecular flexibility index (Phi) is 4.88. The van der Waals surface area contributed by atoms with Crippen molar-refractivity contribution in [1.82, 2.24) is 15.0 Å². The van der Waals surface area contributed by atoms with Gasteiger partial charge in [-0.25, -0.2) is 14.8 Å². The number of aromatic amines is 2. The van der Waals surface area contributed by atoms with Crippen LogP contribution in [0.3, 0.4) is 0 Å². The van der Waals surface area contributed by atoms with E-state index in [-0.39, 0.29) is 34.1 Å². The van der Waals surface area contributed by atoms with Crippen molar-refractivity contribution in [3.8, 4) is 0 Å². The average Bonchev–Trinajstić information content (AvgIpc) is 2.65. The lowest BCUT2D eigenvalue weighted by atomic mass is 10.2. The van der Waals surface area contributed by atoms with Crippen molar-refractivity contribution in [2.75, 3.05) is 10.6 Å². The van der Waals surface area contributed by atoms with Crippen LogP contribution >= 0.6 is 0 Å². The van der Waals surface area contributed by atoms with Crippen LogP contribution in [-0.4, -0.2) is 38.1 Å². The molecule has 13 heteroatoms. The van der Waals surface area contributed by atoms with Gasteiger partial charge in [-0.2, -0.15) is 13.2 Å². The SMILES string of the molecule is Nc1nc2[nH+]cc(CN(C(=O)C(F)(F)F)c3ccc(C(=O)O)cc3)nc2c(=O)[nH]1. The molecule has 0 bridgehead atoms. The molecule has 3 aromatic rings. The van der Waals surface area contributed by atoms with E-state index in [4.69, 9.17) is 10.8 Å². The van der Waals surface area contributed by atoms with Crippen LogP contribution in [0.2, 0.25) is 0 Å². The molecule has 1 amide bonds. The van der Waals surface area contributed by atoms with E-state index in [1.807, 2.05) is 0 Å². The molecule has 0 aliphatic rings. The fourth-order valence-electron chi connectivity index (χ4n) is 2.48. The normalized spacial score (nSPS) is 11.4. The van der Waals surface area contributed by atoms with Gasteiger partial charge in [0.05, 0.1) is 12.1 Å². The number of nitrogen functional groups attached to an aromatic ring is 1. The van der Waals surface area contributed by atoms with E-state index in [0.717, 1.165) is 24.3 Å². The van der Waals surface area contributed by atoms with Crippen molar-refractivity contribution in [2.45, 2.75) is 12.7 Å². The summed E-state index contributed by atoms with van der Waals surface area (Å²) in [5.41, 5.74) is 4.04. The lowest BCUT2D eigenvalue weighted by Crippen LogP contribution is -2.41. The molecule has 0 radical (unpaired) electrons. The molecule has 2 heterocycles. The van der Waals surface area contributed by atoms with Crippen molar-refractivity contribution < 1.29 is 32.9 Å². The number of halogens is 3. The topological polar surface area (TPSA) is 156 Å². The van der Waals surface area contributed by atoms with Crippen LogP contribution in [0.1, 0.15) is 16.1 Å². The highest BCUT2D eigenvalue weighted by molar-refractivity contribution is 5.97. The molecular weight excluding hydrogens is 397 g/mol. The average molecular weight is 409 g/mol. The Balaban J connectivity index is 2.03. The Labute approximate surface area is 158 Å². The quantitative estimate of drug-likeness (QED) is 0.567. The second kappa shape index (κ2) is 7.18. The number of aromatic carboxylic acids is 1. The van der Waals surface area contributed by atoms with E-state index in [9.17, 15) is 27.6 Å². The van der Waals surface area contributed by atoms with Gasteiger partial charge in [-0.05, 0) is 29.2 Å². The summed E-state index contributed by atoms with van der Waals surface area (Å²) in [7, 11) is 0. The van der Waals surface area contributed by atoms with Gasteiger partial charge in [0.15, 0.2) is 0 Å². The van der Waals surface area contributed by atoms with Crippen molar-refractivity contribution in [2.24, 2.45) is 0 Å². The minimum atomic E-state index is -5.19. The number of H-pyrrole nitrogens is 2. The maximum atomic E-state index is 13.1. The first kappa shape index (κ1) is 19.7. The van der Waals surface area contributed by atoms with Crippen LogP contribution in [0.5, 0.6) is 0 Å². The van der Waals surface area contributed by atoms with Crippen molar-refractivity contribution in [1.29, 1.82) is 0 Å². The fraction of sp³-hybridized carbons (Fsp3) is 0.125. The third kappa shape index (κ3) is 4.12. The zero-order chi connectivity index (χ0) is 21.3. The van der Waals surface area contributed by atoms with Gasteiger partial charge >= 0.3 is 29.6 Å². The predicted octanol–water partition coefficient (Wildman–Crippen LogP) is 0.508. The number of carbonyl (C=O) groups excluding carboxylic acids is 1. The van der Waals surface area contributed by atoms with Crippen LogP contribution in [0.25, 0.3) is 11.2 Å². The Morgan fingerprint density at radius 2 is 1.86 bits per heavy atom. The minimum absolute atomic E-state index is 0.00880. The summed E-state index contributed by atoms with van der Waals surface area (Å²) < 4.78 is 39.2. The number of amides is 1. The number of carboxylic acids is 1. The van der Waals surface area contributed by atoms with Gasteiger partial charge in [-0.3, -0.25) is 19.5 Å². The summed E-state index contributed by atoms with van der Waals surface area (Å²) in [4.78, 5) is 47.7. The number of nitrogens with two attached hydrogens (primary N) is 1. The number of fused-ring (bicyclic) bond motifs is 1. The maximum Gasteiger partial charge on any atom is 0.471 e. The standard InChI is InChI=1S/C16H11F3N6O4/c17-16(18,19)14(29)25(9-3-1-7(2-4-9)13(27)28)6-8-5-21-11-10(22-8)12(26)24-15(20)23-11/h1-5H,6H2,(H,27,28)(H3,20,21,23,24,26)/p+1. The highest BCUT2D eigenvalue weighted by Crippen LogP contribution is 2.25. The number of hydrogen-bond donors (Lipinski definition) is 3. The van der Waals surface area contributed by atoms with Gasteiger partial charge in [0.1, 0.15) is 11.9 Å². The van der Waals surface area contributed by atoms with Gasteiger partial charge in [0.2, 0.25) is 5.52 Å². The Bertz CT molecular complexity index is 1160. The van der Waals surface area contributed by atoms with E-state index in [0.29, 0.717) is 4.90 Å². The smallest absolute Gasteiger partial charge is 0.471 e. The van der Waals surface area contributed by atoms with Crippen molar-refractivity contribution >= 4 is 34.7 Å². The molecule has 0 unspecified atom stereocenters. The minimum Gasteiger partial charge on any atom is -0.478 e. The number of alkyl halides is 3. The van der Waals surface area contributed by atoms with Gasteiger partial charge in [-0.15, -0.1) is 0 Å². The molecule has 0 saturated carbocycles. The van der Waals surface area contributed by atoms with E-state index in [1.165, 1.54) is 6.20 Å². The molecule has 10 nitrogen and oxygen atoms in total. The van der Waals surface area contributed by atoms with Gasteiger partial charge in [0.25, 0.3) is 5.56 Å². The predicted molar refractivity (Wildman–Crippen MR) is 91.8 cm³/mol. The third-order valence-electron chi connectivity index (χ3n) is 3.78. The number of anilines is 2. The van der Waals surface area contributed by atoms with Gasteiger partial charge < -0.3 is 10.8 Å². The molecule has 0 spiro atoms. The molecular formula is C16H12F3N6O4+. The Morgan fingerprint density at radius 1 is 1.21 bits per heavy atom. The van der Waals surface area contributed by atoms with E-state index in [1.54, 1.807) is 0 Å². The second-order valence-corrected chi connectivity index (χ2v) is 5.78. The van der Waals surface area contributed by atoms with E-state index in [2.05, 4.69) is 19.9 Å². The number of benzene rings is 1. The maximum absolute atomic E-state index is 13.1. The highest BCUT2D eigenvalue weighted by atomic mass is 19.4. The molecule has 3 rings (SSSR count). The molecule has 0 atom stereocenters. The van der Waals surface area contributed by atoms with Crippen LogP contribution < -0.4 is 21.2 Å². The number of carbonyl (C=O) groups is 2. The molecule has 0 saturated heterocycles. The fourth-order valence-corrected chi connectivity index (χ4v) is 2.48. The number of hydrogen-bond acceptors (Lipinski definition) is 6. The molecule has 0 fully saturated rings. The van der Waals surface area contributed by atoms with E-state index < -0.39 is 30.2 Å². The van der Waals surface area contributed by atoms with Crippen LogP contribution in [0.15, 0.2) is 35.3 Å². The molecule has 0 aliphatic heterocycles. The van der Waals surface area contributed by atoms with Crippen LogP contribution in [-0.2, 0) is 11.3 Å². The zero-order valence-corrected chi connectivity index (χ0v) is 14.3. The van der Waals surface area contributed by atoms with E-state index >= 15 is 0 Å². The molecule has 5 N–H and O–H groups in total. The third-order valence-corrected chi connectivity index (χ3v) is 3.78. The highest BCUT2D eigenvalue weighted by Gasteiger charge is 2.43. The Hall–Kier alpha value is -4.03. The number of aromatic nitrogens is 4. The lowest BCUT2D eigenvalue weighted by Gasteiger charge is -2.23. The monoisotopic (exact) mass is 409 g/mol. The first-order valence-corrected chi connectivity index (χ1v) is 7.85. The summed E-state index contributed by atoms with van der Waals surface area (Å²) in [6, 6.07) is 4.25. The largest absolute Gasteiger partial charge is 0.478 e. The summed E-state index contributed by atoms with van der Waals surface area (Å²) in [6.07, 6.45) is -4.02. The second-order valence-electron chi connectivity index (χ2n) is 5.78. The number of rotatable bonds is 4. The van der Waals surface area contributed by atoms with Crippen LogP contribution in [0, 0.1) is 0 Å². The Morgan fingerprint density at radius 3 is 2.45 bits per heavy atom.